The summed E-state index contributed by atoms with van der Waals surface area (Å²) < 4.78 is 1.86. The molecule has 1 N–H and O–H groups in total. The van der Waals surface area contributed by atoms with Gasteiger partial charge in [0.1, 0.15) is 0 Å². The number of pyridine rings is 1. The minimum absolute atomic E-state index is 0.114. The fourth-order valence-corrected chi connectivity index (χ4v) is 7.37. The summed E-state index contributed by atoms with van der Waals surface area (Å²) in [6, 6.07) is 20.4. The number of amides is 1. The number of rotatable bonds is 6. The van der Waals surface area contributed by atoms with Crippen LogP contribution in [-0.2, 0) is 11.8 Å². The third-order valence-corrected chi connectivity index (χ3v) is 10.1. The van der Waals surface area contributed by atoms with E-state index in [1.807, 2.05) is 70.2 Å². The van der Waals surface area contributed by atoms with Crippen LogP contribution in [0.2, 0.25) is 5.02 Å². The SMILES string of the molecule is CN1CCC2CN(C(=O)c3ccc(Cc4nc5c(N6CCC(CO)(c7ccc(Cl)cc7)CC6)cccn5n4)cc3)CC21. The Balaban J connectivity index is 1.03. The molecule has 218 valence electrons. The van der Waals surface area contributed by atoms with Crippen molar-refractivity contribution in [2.24, 2.45) is 5.92 Å². The van der Waals surface area contributed by atoms with E-state index in [4.69, 9.17) is 21.7 Å². The highest BCUT2D eigenvalue weighted by Gasteiger charge is 2.41. The van der Waals surface area contributed by atoms with Crippen LogP contribution >= 0.6 is 11.6 Å². The van der Waals surface area contributed by atoms with Gasteiger partial charge in [0, 0.05) is 60.8 Å². The average molecular weight is 585 g/mol. The van der Waals surface area contributed by atoms with Gasteiger partial charge in [-0.05, 0) is 86.3 Å². The lowest BCUT2D eigenvalue weighted by Crippen LogP contribution is -2.45. The highest BCUT2D eigenvalue weighted by molar-refractivity contribution is 6.30. The smallest absolute Gasteiger partial charge is 0.253 e. The topological polar surface area (TPSA) is 77.2 Å². The van der Waals surface area contributed by atoms with E-state index in [0.29, 0.717) is 23.4 Å². The van der Waals surface area contributed by atoms with Crippen LogP contribution in [0.15, 0.2) is 66.9 Å². The number of halogens is 1. The van der Waals surface area contributed by atoms with Crippen LogP contribution in [0, 0.1) is 5.92 Å². The lowest BCUT2D eigenvalue weighted by molar-refractivity contribution is 0.0774. The summed E-state index contributed by atoms with van der Waals surface area (Å²) in [5.41, 5.74) is 4.60. The minimum Gasteiger partial charge on any atom is -0.395 e. The molecular formula is C33H37ClN6O2. The van der Waals surface area contributed by atoms with Gasteiger partial charge in [-0.15, -0.1) is 0 Å². The van der Waals surface area contributed by atoms with Crippen molar-refractivity contribution in [3.05, 3.63) is 94.4 Å². The molecule has 2 atom stereocenters. The van der Waals surface area contributed by atoms with Gasteiger partial charge in [-0.2, -0.15) is 5.10 Å². The first-order chi connectivity index (χ1) is 20.4. The number of benzene rings is 2. The summed E-state index contributed by atoms with van der Waals surface area (Å²) in [6.07, 6.45) is 5.40. The Kier molecular flexibility index (Phi) is 7.16. The maximum Gasteiger partial charge on any atom is 0.253 e. The molecule has 42 heavy (non-hydrogen) atoms. The summed E-state index contributed by atoms with van der Waals surface area (Å²) >= 11 is 6.11. The van der Waals surface area contributed by atoms with Crippen molar-refractivity contribution in [3.8, 4) is 0 Å². The number of anilines is 1. The third-order valence-electron chi connectivity index (χ3n) is 9.88. The van der Waals surface area contributed by atoms with E-state index in [-0.39, 0.29) is 17.9 Å². The van der Waals surface area contributed by atoms with Crippen molar-refractivity contribution >= 4 is 28.8 Å². The van der Waals surface area contributed by atoms with Crippen molar-refractivity contribution < 1.29 is 9.90 Å². The van der Waals surface area contributed by atoms with Gasteiger partial charge in [0.05, 0.1) is 12.3 Å². The predicted octanol–water partition coefficient (Wildman–Crippen LogP) is 4.28. The molecule has 0 radical (unpaired) electrons. The van der Waals surface area contributed by atoms with Gasteiger partial charge < -0.3 is 19.8 Å². The quantitative estimate of drug-likeness (QED) is 0.365. The molecule has 0 bridgehead atoms. The minimum atomic E-state index is -0.261. The largest absolute Gasteiger partial charge is 0.395 e. The molecule has 0 spiro atoms. The van der Waals surface area contributed by atoms with E-state index < -0.39 is 0 Å². The van der Waals surface area contributed by atoms with Crippen molar-refractivity contribution in [1.29, 1.82) is 0 Å². The van der Waals surface area contributed by atoms with Crippen LogP contribution in [0.3, 0.4) is 0 Å². The number of likely N-dealkylation sites (tertiary alicyclic amines) is 2. The molecule has 3 aliphatic heterocycles. The number of nitrogens with zero attached hydrogens (tertiary/aromatic N) is 6. The van der Waals surface area contributed by atoms with Crippen molar-refractivity contribution in [2.45, 2.75) is 37.1 Å². The van der Waals surface area contributed by atoms with Crippen molar-refractivity contribution in [2.75, 3.05) is 51.3 Å². The standard InChI is InChI=1S/C33H37ClN6O2/c1-37-16-12-25-20-39(21-29(25)37)32(42)24-6-4-23(5-7-24)19-30-35-31-28(3-2-15-40(31)36-30)38-17-13-33(22-41,14-18-38)26-8-10-27(34)11-9-26/h2-11,15,25,29,41H,12-14,16-22H2,1H3. The Bertz CT molecular complexity index is 1580. The van der Waals surface area contributed by atoms with Gasteiger partial charge in [0.2, 0.25) is 0 Å². The Morgan fingerprint density at radius 3 is 2.50 bits per heavy atom. The maximum atomic E-state index is 13.2. The Labute approximate surface area is 251 Å². The molecule has 0 aliphatic carbocycles. The molecule has 2 aromatic carbocycles. The number of piperidine rings is 1. The number of aliphatic hydroxyl groups is 1. The number of carbonyl (C=O) groups excluding carboxylic acids is 1. The Hall–Kier alpha value is -3.46. The highest BCUT2D eigenvalue weighted by atomic mass is 35.5. The molecule has 1 amide bonds. The zero-order valence-corrected chi connectivity index (χ0v) is 24.7. The van der Waals surface area contributed by atoms with E-state index in [0.717, 1.165) is 79.4 Å². The Morgan fingerprint density at radius 1 is 1.02 bits per heavy atom. The lowest BCUT2D eigenvalue weighted by Gasteiger charge is -2.42. The first-order valence-electron chi connectivity index (χ1n) is 15.0. The van der Waals surface area contributed by atoms with Gasteiger partial charge in [-0.25, -0.2) is 9.50 Å². The van der Waals surface area contributed by atoms with Gasteiger partial charge in [0.25, 0.3) is 5.91 Å². The van der Waals surface area contributed by atoms with Gasteiger partial charge in [-0.3, -0.25) is 4.79 Å². The van der Waals surface area contributed by atoms with Gasteiger partial charge in [-0.1, -0.05) is 35.9 Å². The molecule has 3 fully saturated rings. The van der Waals surface area contributed by atoms with E-state index in [2.05, 4.69) is 22.9 Å². The van der Waals surface area contributed by atoms with Crippen LogP contribution in [0.1, 0.15) is 46.6 Å². The molecule has 2 unspecified atom stereocenters. The van der Waals surface area contributed by atoms with E-state index in [1.165, 1.54) is 6.42 Å². The molecule has 0 saturated carbocycles. The third kappa shape index (κ3) is 4.95. The van der Waals surface area contributed by atoms with Crippen LogP contribution in [0.4, 0.5) is 5.69 Å². The monoisotopic (exact) mass is 584 g/mol. The van der Waals surface area contributed by atoms with Gasteiger partial charge >= 0.3 is 0 Å². The van der Waals surface area contributed by atoms with Crippen LogP contribution < -0.4 is 4.90 Å². The number of likely N-dealkylation sites (N-methyl/N-ethyl adjacent to an activating group) is 1. The summed E-state index contributed by atoms with van der Waals surface area (Å²) in [7, 11) is 2.17. The second-order valence-electron chi connectivity index (χ2n) is 12.3. The van der Waals surface area contributed by atoms with E-state index >= 15 is 0 Å². The molecule has 8 nitrogen and oxygen atoms in total. The second-order valence-corrected chi connectivity index (χ2v) is 12.7. The van der Waals surface area contributed by atoms with Crippen LogP contribution in [0.5, 0.6) is 0 Å². The number of hydrogen-bond acceptors (Lipinski definition) is 6. The molecular weight excluding hydrogens is 548 g/mol. The fraction of sp³-hybridized carbons (Fsp3) is 0.424. The molecule has 4 aromatic rings. The zero-order valence-electron chi connectivity index (χ0n) is 24.0. The molecule has 7 rings (SSSR count). The number of aromatic nitrogens is 3. The predicted molar refractivity (Wildman–Crippen MR) is 164 cm³/mol. The molecule has 3 aliphatic rings. The zero-order chi connectivity index (χ0) is 28.8. The number of carbonyl (C=O) groups is 1. The maximum absolute atomic E-state index is 13.2. The summed E-state index contributed by atoms with van der Waals surface area (Å²) in [5, 5.41) is 15.9. The average Bonchev–Trinajstić information content (AvgIpc) is 3.73. The normalized spacial score (nSPS) is 22.2. The summed E-state index contributed by atoms with van der Waals surface area (Å²) in [6.45, 7) is 4.57. The van der Waals surface area contributed by atoms with E-state index in [9.17, 15) is 9.90 Å². The first-order valence-corrected chi connectivity index (χ1v) is 15.3. The molecule has 2 aromatic heterocycles. The Morgan fingerprint density at radius 2 is 1.79 bits per heavy atom. The van der Waals surface area contributed by atoms with Gasteiger partial charge in [0.15, 0.2) is 11.5 Å². The molecule has 9 heteroatoms. The first kappa shape index (κ1) is 27.4. The molecule has 5 heterocycles. The van der Waals surface area contributed by atoms with Crippen molar-refractivity contribution in [1.82, 2.24) is 24.4 Å². The fourth-order valence-electron chi connectivity index (χ4n) is 7.24. The second kappa shape index (κ2) is 11.0. The number of aliphatic hydroxyl groups excluding tert-OH is 1. The summed E-state index contributed by atoms with van der Waals surface area (Å²) in [4.78, 5) is 24.9. The number of hydrogen-bond donors (Lipinski definition) is 1. The van der Waals surface area contributed by atoms with Crippen molar-refractivity contribution in [3.63, 3.8) is 0 Å². The number of fused-ring (bicyclic) bond motifs is 2. The van der Waals surface area contributed by atoms with E-state index in [1.54, 1.807) is 0 Å². The lowest BCUT2D eigenvalue weighted by atomic mass is 9.73. The van der Waals surface area contributed by atoms with Crippen LogP contribution in [0.25, 0.3) is 5.65 Å². The van der Waals surface area contributed by atoms with Crippen LogP contribution in [-0.4, -0.2) is 87.8 Å². The summed E-state index contributed by atoms with van der Waals surface area (Å²) in [5.74, 6) is 1.48. The molecule has 3 saturated heterocycles. The highest BCUT2D eigenvalue weighted by Crippen LogP contribution is 2.38.